The number of piperidine rings is 1. The molecule has 0 spiro atoms. The molecule has 2 saturated heterocycles. The average molecular weight is 493 g/mol. The van der Waals surface area contributed by atoms with Gasteiger partial charge in [-0.05, 0) is 121 Å². The second-order valence-corrected chi connectivity index (χ2v) is 11.7. The Morgan fingerprint density at radius 2 is 1.57 bits per heavy atom. The van der Waals surface area contributed by atoms with Gasteiger partial charge < -0.3 is 14.4 Å². The van der Waals surface area contributed by atoms with E-state index in [1.54, 1.807) is 0 Å². The molecule has 0 atom stereocenters. The Hall–Kier alpha value is -0.730. The molecule has 35 heavy (non-hydrogen) atoms. The second-order valence-electron chi connectivity index (χ2n) is 11.7. The summed E-state index contributed by atoms with van der Waals surface area (Å²) in [5.74, 6) is 3.00. The zero-order valence-electron chi connectivity index (χ0n) is 22.4. The van der Waals surface area contributed by atoms with Crippen molar-refractivity contribution in [1.29, 1.82) is 0 Å². The van der Waals surface area contributed by atoms with Crippen molar-refractivity contribution in [1.82, 2.24) is 20.9 Å². The molecule has 2 aliphatic carbocycles. The molecule has 2 aliphatic heterocycles. The summed E-state index contributed by atoms with van der Waals surface area (Å²) in [6, 6.07) is 0.642. The topological polar surface area (TPSA) is 74.9 Å². The number of hydrogen-bond donors (Lipinski definition) is 3. The zero-order chi connectivity index (χ0) is 24.5. The van der Waals surface area contributed by atoms with Crippen LogP contribution in [0.5, 0.6) is 0 Å². The molecule has 4 aliphatic rings. The highest BCUT2D eigenvalue weighted by molar-refractivity contribution is 5.69. The molecule has 4 rings (SSSR count). The quantitative estimate of drug-likeness (QED) is 0.403. The van der Waals surface area contributed by atoms with Gasteiger partial charge in [0, 0.05) is 32.7 Å². The van der Waals surface area contributed by atoms with Gasteiger partial charge in [0.05, 0.1) is 12.7 Å². The van der Waals surface area contributed by atoms with Crippen LogP contribution < -0.4 is 16.0 Å². The van der Waals surface area contributed by atoms with Crippen molar-refractivity contribution in [2.45, 2.75) is 102 Å². The maximum atomic E-state index is 11.7. The van der Waals surface area contributed by atoms with Gasteiger partial charge in [-0.25, -0.2) is 0 Å². The number of nitrogens with zero attached hydrogens (tertiary/aromatic N) is 1. The fourth-order valence-electron chi connectivity index (χ4n) is 7.02. The lowest BCUT2D eigenvalue weighted by molar-refractivity contribution is -0.144. The molecule has 0 amide bonds. The van der Waals surface area contributed by atoms with E-state index in [2.05, 4.69) is 20.9 Å². The molecule has 202 valence electrons. The average Bonchev–Trinajstić information content (AvgIpc) is 2.90. The summed E-state index contributed by atoms with van der Waals surface area (Å²) in [5, 5.41) is 11.4. The summed E-state index contributed by atoms with van der Waals surface area (Å²) in [6.07, 6.45) is 15.4. The molecule has 0 bridgehead atoms. The molecule has 0 aromatic rings. The zero-order valence-corrected chi connectivity index (χ0v) is 22.4. The summed E-state index contributed by atoms with van der Waals surface area (Å²) < 4.78 is 10.7. The summed E-state index contributed by atoms with van der Waals surface area (Å²) in [4.78, 5) is 14.3. The number of methoxy groups -OCH3 is 1. The molecule has 2 heterocycles. The first-order valence-corrected chi connectivity index (χ1v) is 14.8. The van der Waals surface area contributed by atoms with Crippen LogP contribution in [0.4, 0.5) is 0 Å². The monoisotopic (exact) mass is 492 g/mol. The third-order valence-corrected chi connectivity index (χ3v) is 9.46. The first-order chi connectivity index (χ1) is 17.1. The maximum absolute atomic E-state index is 11.7. The van der Waals surface area contributed by atoms with Crippen molar-refractivity contribution in [3.8, 4) is 0 Å². The van der Waals surface area contributed by atoms with Crippen molar-refractivity contribution < 1.29 is 14.3 Å². The van der Waals surface area contributed by atoms with Crippen LogP contribution in [-0.2, 0) is 14.3 Å². The standard InChI is InChI=1S/C28H52N4O3/c1-3-35-27(33)18-22-13-16-32(17-14-22)15-12-21-4-8-25(9-5-21)31-28-29-19-24(20-30-28)23-6-10-26(34-2)11-7-23/h21-26,28-31H,3-20H2,1-2H3. The van der Waals surface area contributed by atoms with E-state index in [0.717, 1.165) is 56.8 Å². The summed E-state index contributed by atoms with van der Waals surface area (Å²) in [7, 11) is 1.86. The van der Waals surface area contributed by atoms with Crippen molar-refractivity contribution in [3.05, 3.63) is 0 Å². The molecule has 7 nitrogen and oxygen atoms in total. The van der Waals surface area contributed by atoms with Crippen LogP contribution in [0.15, 0.2) is 0 Å². The number of ether oxygens (including phenoxy) is 2. The van der Waals surface area contributed by atoms with Crippen LogP contribution >= 0.6 is 0 Å². The smallest absolute Gasteiger partial charge is 0.306 e. The fraction of sp³-hybridized carbons (Fsp3) is 0.964. The van der Waals surface area contributed by atoms with E-state index >= 15 is 0 Å². The third kappa shape index (κ3) is 8.67. The van der Waals surface area contributed by atoms with Gasteiger partial charge in [0.25, 0.3) is 0 Å². The Labute approximate surface area is 213 Å². The lowest BCUT2D eigenvalue weighted by Crippen LogP contribution is -2.63. The highest BCUT2D eigenvalue weighted by Gasteiger charge is 2.32. The third-order valence-electron chi connectivity index (χ3n) is 9.46. The second kappa shape index (κ2) is 14.3. The van der Waals surface area contributed by atoms with Gasteiger partial charge in [-0.1, -0.05) is 0 Å². The molecule has 0 aromatic carbocycles. The number of rotatable bonds is 10. The van der Waals surface area contributed by atoms with E-state index in [1.165, 1.54) is 64.3 Å². The lowest BCUT2D eigenvalue weighted by atomic mass is 9.78. The van der Waals surface area contributed by atoms with Crippen LogP contribution in [-0.4, -0.2) is 75.7 Å². The van der Waals surface area contributed by atoms with Crippen LogP contribution in [0.3, 0.4) is 0 Å². The van der Waals surface area contributed by atoms with Crippen molar-refractivity contribution >= 4 is 5.97 Å². The van der Waals surface area contributed by atoms with E-state index in [1.807, 2.05) is 14.0 Å². The van der Waals surface area contributed by atoms with Gasteiger partial charge in [-0.15, -0.1) is 0 Å². The molecule has 0 aromatic heterocycles. The summed E-state index contributed by atoms with van der Waals surface area (Å²) in [5.41, 5.74) is 0. The Kier molecular flexibility index (Phi) is 11.1. The Morgan fingerprint density at radius 1 is 0.886 bits per heavy atom. The predicted molar refractivity (Wildman–Crippen MR) is 140 cm³/mol. The molecule has 0 radical (unpaired) electrons. The van der Waals surface area contributed by atoms with Crippen LogP contribution in [0.25, 0.3) is 0 Å². The van der Waals surface area contributed by atoms with Gasteiger partial charge >= 0.3 is 5.97 Å². The van der Waals surface area contributed by atoms with Crippen molar-refractivity contribution in [2.24, 2.45) is 23.7 Å². The number of carbonyl (C=O) groups is 1. The lowest BCUT2D eigenvalue weighted by Gasteiger charge is -2.40. The highest BCUT2D eigenvalue weighted by Crippen LogP contribution is 2.32. The first-order valence-electron chi connectivity index (χ1n) is 14.8. The number of nitrogens with one attached hydrogen (secondary N) is 3. The van der Waals surface area contributed by atoms with E-state index < -0.39 is 0 Å². The van der Waals surface area contributed by atoms with E-state index in [0.29, 0.717) is 31.1 Å². The van der Waals surface area contributed by atoms with Gasteiger partial charge in [0.15, 0.2) is 0 Å². The van der Waals surface area contributed by atoms with Crippen LogP contribution in [0, 0.1) is 23.7 Å². The molecule has 7 heteroatoms. The molecule has 3 N–H and O–H groups in total. The number of hydrogen-bond acceptors (Lipinski definition) is 7. The fourth-order valence-corrected chi connectivity index (χ4v) is 7.02. The van der Waals surface area contributed by atoms with E-state index in [-0.39, 0.29) is 12.3 Å². The van der Waals surface area contributed by atoms with Crippen LogP contribution in [0.2, 0.25) is 0 Å². The van der Waals surface area contributed by atoms with Crippen LogP contribution in [0.1, 0.15) is 84.0 Å². The minimum Gasteiger partial charge on any atom is -0.466 e. The molecular weight excluding hydrogens is 440 g/mol. The van der Waals surface area contributed by atoms with E-state index in [4.69, 9.17) is 9.47 Å². The normalized spacial score (nSPS) is 35.6. The molecule has 0 unspecified atom stereocenters. The first kappa shape index (κ1) is 27.3. The van der Waals surface area contributed by atoms with E-state index in [9.17, 15) is 4.79 Å². The minimum absolute atomic E-state index is 0.0142. The summed E-state index contributed by atoms with van der Waals surface area (Å²) in [6.45, 7) is 8.19. The maximum Gasteiger partial charge on any atom is 0.306 e. The highest BCUT2D eigenvalue weighted by atomic mass is 16.5. The predicted octanol–water partition coefficient (Wildman–Crippen LogP) is 3.49. The Balaban J connectivity index is 1.04. The molecular formula is C28H52N4O3. The SMILES string of the molecule is CCOC(=O)CC1CCN(CCC2CCC(NC3NCC(C4CCC(OC)CC4)CN3)CC2)CC1. The number of likely N-dealkylation sites (tertiary alicyclic amines) is 1. The van der Waals surface area contributed by atoms with Gasteiger partial charge in [0.2, 0.25) is 0 Å². The van der Waals surface area contributed by atoms with Crippen molar-refractivity contribution in [3.63, 3.8) is 0 Å². The van der Waals surface area contributed by atoms with Gasteiger partial charge in [0.1, 0.15) is 6.29 Å². The Morgan fingerprint density at radius 3 is 2.20 bits per heavy atom. The molecule has 4 fully saturated rings. The van der Waals surface area contributed by atoms with Gasteiger partial charge in [-0.3, -0.25) is 20.7 Å². The minimum atomic E-state index is -0.0142. The Bertz CT molecular complexity index is 603. The summed E-state index contributed by atoms with van der Waals surface area (Å²) >= 11 is 0. The van der Waals surface area contributed by atoms with Crippen molar-refractivity contribution in [2.75, 3.05) is 46.4 Å². The number of carbonyl (C=O) groups excluding carboxylic acids is 1. The number of esters is 1. The van der Waals surface area contributed by atoms with Gasteiger partial charge in [-0.2, -0.15) is 0 Å². The molecule has 2 saturated carbocycles. The largest absolute Gasteiger partial charge is 0.466 e.